The quantitative estimate of drug-likeness (QED) is 0.685. The molecule has 0 bridgehead atoms. The third-order valence-corrected chi connectivity index (χ3v) is 4.79. The Bertz CT molecular complexity index is 953. The van der Waals surface area contributed by atoms with E-state index >= 15 is 0 Å². The van der Waals surface area contributed by atoms with Gasteiger partial charge in [0.25, 0.3) is 5.91 Å². The molecule has 0 aliphatic carbocycles. The smallest absolute Gasteiger partial charge is 0.275 e. The van der Waals surface area contributed by atoms with Gasteiger partial charge in [0, 0.05) is 5.56 Å². The Morgan fingerprint density at radius 1 is 1.00 bits per heavy atom. The van der Waals surface area contributed by atoms with Crippen molar-refractivity contribution < 1.29 is 18.9 Å². The van der Waals surface area contributed by atoms with Crippen LogP contribution in [0.2, 0.25) is 0 Å². The van der Waals surface area contributed by atoms with Crippen molar-refractivity contribution in [1.29, 1.82) is 0 Å². The second kappa shape index (κ2) is 8.27. The van der Waals surface area contributed by atoms with Gasteiger partial charge in [0.05, 0.1) is 6.04 Å². The van der Waals surface area contributed by atoms with Gasteiger partial charge in [-0.1, -0.05) is 42.5 Å². The van der Waals surface area contributed by atoms with Crippen molar-refractivity contribution >= 4 is 16.7 Å². The molecule has 3 aromatic carbocycles. The van der Waals surface area contributed by atoms with Crippen molar-refractivity contribution in [1.82, 2.24) is 5.32 Å². The van der Waals surface area contributed by atoms with E-state index < -0.39 is 11.6 Å². The number of halogens is 2. The molecule has 0 fully saturated rings. The zero-order chi connectivity index (χ0) is 19.4. The zero-order valence-corrected chi connectivity index (χ0v) is 15.4. The maximum absolute atomic E-state index is 13.4. The number of benzene rings is 3. The van der Waals surface area contributed by atoms with Crippen LogP contribution in [0.4, 0.5) is 8.78 Å². The summed E-state index contributed by atoms with van der Waals surface area (Å²) >= 11 is 0. The van der Waals surface area contributed by atoms with Gasteiger partial charge in [-0.25, -0.2) is 8.78 Å². The molecule has 140 valence electrons. The number of carbonyl (C=O) groups is 1. The van der Waals surface area contributed by atoms with Gasteiger partial charge in [0.15, 0.2) is 18.2 Å². The minimum absolute atomic E-state index is 0.107. The van der Waals surface area contributed by atoms with E-state index in [-0.39, 0.29) is 24.5 Å². The molecule has 0 aromatic heterocycles. The van der Waals surface area contributed by atoms with Crippen molar-refractivity contribution in [2.24, 2.45) is 0 Å². The van der Waals surface area contributed by atoms with Gasteiger partial charge < -0.3 is 10.6 Å². The number of nitrogens with one attached hydrogen (secondary N) is 1. The summed E-state index contributed by atoms with van der Waals surface area (Å²) in [4.78, 5) is 12.3. The average Bonchev–Trinajstić information content (AvgIpc) is 2.67. The number of hydrogen-bond acceptors (Lipinski definition) is 1. The molecule has 1 amide bonds. The molecule has 3 N–H and O–H groups in total. The highest BCUT2D eigenvalue weighted by atomic mass is 19.2. The van der Waals surface area contributed by atoms with Crippen LogP contribution in [0, 0.1) is 11.6 Å². The number of fused-ring (bicyclic) bond motifs is 1. The first kappa shape index (κ1) is 19.0. The third kappa shape index (κ3) is 4.49. The molecule has 0 radical (unpaired) electrons. The lowest BCUT2D eigenvalue weighted by atomic mass is 10.00. The van der Waals surface area contributed by atoms with Crippen LogP contribution in [0.15, 0.2) is 60.7 Å². The standard InChI is InChI=1S/C22H22F2N2O/c1-14(17-10-11-20(23)21(24)12-17)25-13-22(27)26-15(2)18-9-5-7-16-6-3-4-8-19(16)18/h3-12,14-15,25H,13H2,1-2H3,(H,26,27)/p+1/t14-,15+/m0/s1. The average molecular weight is 369 g/mol. The number of quaternary nitrogens is 1. The lowest BCUT2D eigenvalue weighted by Gasteiger charge is -2.17. The summed E-state index contributed by atoms with van der Waals surface area (Å²) in [5.41, 5.74) is 1.71. The SMILES string of the molecule is C[C@H]([NH2+]CC(=O)N[C@H](C)c1cccc2ccccc12)c1ccc(F)c(F)c1. The molecule has 0 aliphatic heterocycles. The first-order valence-electron chi connectivity index (χ1n) is 9.01. The van der Waals surface area contributed by atoms with E-state index in [0.29, 0.717) is 5.56 Å². The van der Waals surface area contributed by atoms with Crippen molar-refractivity contribution in [3.8, 4) is 0 Å². The Balaban J connectivity index is 1.60. The van der Waals surface area contributed by atoms with Crippen LogP contribution in [-0.4, -0.2) is 12.5 Å². The van der Waals surface area contributed by atoms with Gasteiger partial charge >= 0.3 is 0 Å². The van der Waals surface area contributed by atoms with Crippen LogP contribution in [-0.2, 0) is 4.79 Å². The van der Waals surface area contributed by atoms with Crippen LogP contribution < -0.4 is 10.6 Å². The zero-order valence-electron chi connectivity index (χ0n) is 15.4. The van der Waals surface area contributed by atoms with E-state index in [2.05, 4.69) is 5.32 Å². The van der Waals surface area contributed by atoms with E-state index in [0.717, 1.165) is 22.4 Å². The predicted molar refractivity (Wildman–Crippen MR) is 102 cm³/mol. The molecule has 0 unspecified atom stereocenters. The molecule has 0 saturated carbocycles. The number of carbonyl (C=O) groups excluding carboxylic acids is 1. The van der Waals surface area contributed by atoms with Gasteiger partial charge in [-0.3, -0.25) is 4.79 Å². The van der Waals surface area contributed by atoms with Crippen LogP contribution in [0.1, 0.15) is 37.1 Å². The molecule has 0 aliphatic rings. The molecule has 3 aromatic rings. The van der Waals surface area contributed by atoms with Gasteiger partial charge in [-0.05, 0) is 48.4 Å². The Morgan fingerprint density at radius 3 is 2.52 bits per heavy atom. The lowest BCUT2D eigenvalue weighted by Crippen LogP contribution is -2.87. The first-order valence-corrected chi connectivity index (χ1v) is 9.01. The maximum atomic E-state index is 13.4. The van der Waals surface area contributed by atoms with Crippen LogP contribution in [0.3, 0.4) is 0 Å². The van der Waals surface area contributed by atoms with Crippen LogP contribution in [0.25, 0.3) is 10.8 Å². The number of nitrogens with two attached hydrogens (primary N) is 1. The van der Waals surface area contributed by atoms with Crippen LogP contribution >= 0.6 is 0 Å². The summed E-state index contributed by atoms with van der Waals surface area (Å²) in [6.07, 6.45) is 0. The molecule has 5 heteroatoms. The van der Waals surface area contributed by atoms with E-state index in [1.54, 1.807) is 5.32 Å². The Morgan fingerprint density at radius 2 is 1.74 bits per heavy atom. The molecular weight excluding hydrogens is 346 g/mol. The molecular formula is C22H23F2N2O+. The summed E-state index contributed by atoms with van der Waals surface area (Å²) in [5, 5.41) is 7.07. The second-order valence-corrected chi connectivity index (χ2v) is 6.76. The number of amides is 1. The fourth-order valence-corrected chi connectivity index (χ4v) is 3.22. The molecule has 0 spiro atoms. The van der Waals surface area contributed by atoms with E-state index in [1.807, 2.05) is 56.3 Å². The largest absolute Gasteiger partial charge is 0.345 e. The summed E-state index contributed by atoms with van der Waals surface area (Å²) in [5.74, 6) is -1.85. The summed E-state index contributed by atoms with van der Waals surface area (Å²) in [6.45, 7) is 4.02. The highest BCUT2D eigenvalue weighted by molar-refractivity contribution is 5.87. The van der Waals surface area contributed by atoms with Gasteiger partial charge in [-0.2, -0.15) is 0 Å². The summed E-state index contributed by atoms with van der Waals surface area (Å²) in [7, 11) is 0. The van der Waals surface area contributed by atoms with Gasteiger partial charge in [0.2, 0.25) is 0 Å². The minimum Gasteiger partial charge on any atom is -0.345 e. The van der Waals surface area contributed by atoms with E-state index in [1.165, 1.54) is 12.1 Å². The lowest BCUT2D eigenvalue weighted by molar-refractivity contribution is -0.682. The predicted octanol–water partition coefficient (Wildman–Crippen LogP) is 3.62. The monoisotopic (exact) mass is 369 g/mol. The van der Waals surface area contributed by atoms with Crippen molar-refractivity contribution in [3.05, 3.63) is 83.4 Å². The minimum atomic E-state index is -0.873. The van der Waals surface area contributed by atoms with Crippen molar-refractivity contribution in [3.63, 3.8) is 0 Å². The summed E-state index contributed by atoms with van der Waals surface area (Å²) < 4.78 is 26.4. The molecule has 27 heavy (non-hydrogen) atoms. The molecule has 0 heterocycles. The van der Waals surface area contributed by atoms with Gasteiger partial charge in [0.1, 0.15) is 6.04 Å². The van der Waals surface area contributed by atoms with Crippen molar-refractivity contribution in [2.75, 3.05) is 6.54 Å². The number of rotatable bonds is 6. The Labute approximate surface area is 157 Å². The fourth-order valence-electron chi connectivity index (χ4n) is 3.22. The second-order valence-electron chi connectivity index (χ2n) is 6.76. The Hall–Kier alpha value is -2.79. The van der Waals surface area contributed by atoms with E-state index in [4.69, 9.17) is 0 Å². The topological polar surface area (TPSA) is 45.7 Å². The Kier molecular flexibility index (Phi) is 5.81. The molecule has 3 nitrogen and oxygen atoms in total. The highest BCUT2D eigenvalue weighted by Crippen LogP contribution is 2.23. The maximum Gasteiger partial charge on any atom is 0.275 e. The van der Waals surface area contributed by atoms with E-state index in [9.17, 15) is 13.6 Å². The first-order chi connectivity index (χ1) is 13.0. The molecule has 0 saturated heterocycles. The third-order valence-electron chi connectivity index (χ3n) is 4.79. The molecule has 2 atom stereocenters. The fraction of sp³-hybridized carbons (Fsp3) is 0.227. The summed E-state index contributed by atoms with van der Waals surface area (Å²) in [6, 6.07) is 17.6. The normalized spacial score (nSPS) is 13.3. The molecule has 3 rings (SSSR count). The van der Waals surface area contributed by atoms with Crippen LogP contribution in [0.5, 0.6) is 0 Å². The highest BCUT2D eigenvalue weighted by Gasteiger charge is 2.16. The number of hydrogen-bond donors (Lipinski definition) is 2. The van der Waals surface area contributed by atoms with Crippen molar-refractivity contribution in [2.45, 2.75) is 25.9 Å². The van der Waals surface area contributed by atoms with Gasteiger partial charge in [-0.15, -0.1) is 0 Å².